The van der Waals surface area contributed by atoms with E-state index in [0.29, 0.717) is 11.6 Å². The number of rotatable bonds is 5. The van der Waals surface area contributed by atoms with Crippen molar-refractivity contribution in [2.24, 2.45) is 0 Å². The van der Waals surface area contributed by atoms with E-state index in [1.165, 1.54) is 0 Å². The van der Waals surface area contributed by atoms with E-state index in [0.717, 1.165) is 48.8 Å². The maximum atomic E-state index is 6.35. The summed E-state index contributed by atoms with van der Waals surface area (Å²) in [5.41, 5.74) is 1.83. The molecule has 1 fully saturated rings. The molecule has 130 valence electrons. The number of nitrogens with zero attached hydrogens (tertiary/aromatic N) is 3. The molecule has 4 heterocycles. The van der Waals surface area contributed by atoms with Gasteiger partial charge in [-0.2, -0.15) is 0 Å². The molecule has 2 N–H and O–H groups in total. The van der Waals surface area contributed by atoms with Crippen molar-refractivity contribution in [2.45, 2.75) is 6.04 Å². The predicted octanol–water partition coefficient (Wildman–Crippen LogP) is 3.10. The Bertz CT molecular complexity index is 832. The Morgan fingerprint density at radius 1 is 1.28 bits per heavy atom. The van der Waals surface area contributed by atoms with Gasteiger partial charge in [0, 0.05) is 37.4 Å². The first-order valence-electron chi connectivity index (χ1n) is 8.41. The van der Waals surface area contributed by atoms with Crippen LogP contribution in [-0.2, 0) is 4.74 Å². The van der Waals surface area contributed by atoms with Crippen molar-refractivity contribution in [3.8, 4) is 0 Å². The molecule has 0 aromatic carbocycles. The molecule has 3 aromatic heterocycles. The molecule has 7 heteroatoms. The van der Waals surface area contributed by atoms with Crippen LogP contribution in [0.3, 0.4) is 0 Å². The van der Waals surface area contributed by atoms with Crippen molar-refractivity contribution in [2.75, 3.05) is 38.2 Å². The molecule has 1 aliphatic heterocycles. The molecule has 25 heavy (non-hydrogen) atoms. The van der Waals surface area contributed by atoms with Gasteiger partial charge in [0.15, 0.2) is 0 Å². The van der Waals surface area contributed by atoms with Crippen molar-refractivity contribution < 1.29 is 4.74 Å². The summed E-state index contributed by atoms with van der Waals surface area (Å²) in [5.74, 6) is 0.758. The van der Waals surface area contributed by atoms with E-state index in [1.807, 2.05) is 36.7 Å². The highest BCUT2D eigenvalue weighted by Crippen LogP contribution is 2.26. The van der Waals surface area contributed by atoms with Crippen LogP contribution < -0.4 is 5.32 Å². The van der Waals surface area contributed by atoms with Crippen molar-refractivity contribution in [3.63, 3.8) is 0 Å². The zero-order chi connectivity index (χ0) is 17.1. The molecule has 1 saturated heterocycles. The molecule has 0 radical (unpaired) electrons. The summed E-state index contributed by atoms with van der Waals surface area (Å²) < 4.78 is 5.49. The van der Waals surface area contributed by atoms with Crippen molar-refractivity contribution in [1.82, 2.24) is 19.9 Å². The summed E-state index contributed by atoms with van der Waals surface area (Å²) in [6.45, 7) is 4.00. The van der Waals surface area contributed by atoms with E-state index in [9.17, 15) is 0 Å². The molecule has 0 saturated carbocycles. The highest BCUT2D eigenvalue weighted by Gasteiger charge is 2.23. The summed E-state index contributed by atoms with van der Waals surface area (Å²) in [7, 11) is 0. The molecule has 0 unspecified atom stereocenters. The average Bonchev–Trinajstić information content (AvgIpc) is 3.13. The first kappa shape index (κ1) is 16.3. The first-order chi connectivity index (χ1) is 12.3. The number of morpholine rings is 1. The van der Waals surface area contributed by atoms with Crippen molar-refractivity contribution >= 4 is 28.5 Å². The Labute approximate surface area is 151 Å². The fraction of sp³-hybridized carbons (Fsp3) is 0.333. The minimum atomic E-state index is 0.157. The van der Waals surface area contributed by atoms with Crippen molar-refractivity contribution in [3.05, 3.63) is 53.4 Å². The fourth-order valence-electron chi connectivity index (χ4n) is 3.17. The van der Waals surface area contributed by atoms with Crippen LogP contribution in [0.15, 0.2) is 42.7 Å². The summed E-state index contributed by atoms with van der Waals surface area (Å²) in [4.78, 5) is 14.6. The lowest BCUT2D eigenvalue weighted by Gasteiger charge is -2.34. The van der Waals surface area contributed by atoms with Crippen LogP contribution in [0.2, 0.25) is 5.02 Å². The lowest BCUT2D eigenvalue weighted by atomic mass is 10.1. The Morgan fingerprint density at radius 3 is 2.96 bits per heavy atom. The minimum absolute atomic E-state index is 0.157. The summed E-state index contributed by atoms with van der Waals surface area (Å²) >= 11 is 6.35. The summed E-state index contributed by atoms with van der Waals surface area (Å²) in [5, 5.41) is 5.05. The number of hydrogen-bond donors (Lipinski definition) is 2. The molecular formula is C18H20ClN5O. The molecule has 1 aliphatic rings. The number of pyridine rings is 2. The van der Waals surface area contributed by atoms with Gasteiger partial charge in [-0.25, -0.2) is 4.98 Å². The van der Waals surface area contributed by atoms with Crippen molar-refractivity contribution in [1.29, 1.82) is 0 Å². The SMILES string of the molecule is Clc1cc(NC[C@H](c2ccccn2)N2CCOCC2)nc2[nH]ccc12. The lowest BCUT2D eigenvalue weighted by molar-refractivity contribution is 0.0179. The van der Waals surface area contributed by atoms with Crippen LogP contribution >= 0.6 is 11.6 Å². The van der Waals surface area contributed by atoms with Gasteiger partial charge in [-0.15, -0.1) is 0 Å². The van der Waals surface area contributed by atoms with Gasteiger partial charge in [-0.3, -0.25) is 9.88 Å². The summed E-state index contributed by atoms with van der Waals surface area (Å²) in [6.07, 6.45) is 3.68. The number of nitrogens with one attached hydrogen (secondary N) is 2. The number of aromatic nitrogens is 3. The number of halogens is 1. The smallest absolute Gasteiger partial charge is 0.141 e. The number of H-pyrrole nitrogens is 1. The zero-order valence-electron chi connectivity index (χ0n) is 13.8. The standard InChI is InChI=1S/C18H20ClN5O/c19-14-11-17(23-18-13(14)4-6-21-18)22-12-16(15-3-1-2-5-20-15)24-7-9-25-10-8-24/h1-6,11,16H,7-10,12H2,(H2,21,22,23)/t16-/m1/s1. The van der Waals surface area contributed by atoms with Gasteiger partial charge in [-0.1, -0.05) is 17.7 Å². The average molecular weight is 358 g/mol. The van der Waals surface area contributed by atoms with Gasteiger partial charge < -0.3 is 15.0 Å². The van der Waals surface area contributed by atoms with Gasteiger partial charge in [0.05, 0.1) is 30.0 Å². The van der Waals surface area contributed by atoms with Crippen LogP contribution in [0.4, 0.5) is 5.82 Å². The summed E-state index contributed by atoms with van der Waals surface area (Å²) in [6, 6.07) is 9.98. The third-order valence-electron chi connectivity index (χ3n) is 4.47. The molecule has 6 nitrogen and oxygen atoms in total. The van der Waals surface area contributed by atoms with E-state index < -0.39 is 0 Å². The predicted molar refractivity (Wildman–Crippen MR) is 99.0 cm³/mol. The van der Waals surface area contributed by atoms with E-state index in [-0.39, 0.29) is 6.04 Å². The molecule has 0 amide bonds. The second-order valence-electron chi connectivity index (χ2n) is 6.03. The number of hydrogen-bond acceptors (Lipinski definition) is 5. The van der Waals surface area contributed by atoms with Crippen LogP contribution in [-0.4, -0.2) is 52.7 Å². The molecule has 0 aliphatic carbocycles. The van der Waals surface area contributed by atoms with E-state index >= 15 is 0 Å². The molecule has 0 bridgehead atoms. The number of aromatic amines is 1. The van der Waals surface area contributed by atoms with Gasteiger partial charge in [0.1, 0.15) is 11.5 Å². The second kappa shape index (κ2) is 7.39. The third-order valence-corrected chi connectivity index (χ3v) is 4.78. The van der Waals surface area contributed by atoms with E-state index in [1.54, 1.807) is 0 Å². The molecule has 4 rings (SSSR count). The molecule has 1 atom stereocenters. The quantitative estimate of drug-likeness (QED) is 0.734. The monoisotopic (exact) mass is 357 g/mol. The number of fused-ring (bicyclic) bond motifs is 1. The topological polar surface area (TPSA) is 66.1 Å². The molecule has 3 aromatic rings. The third kappa shape index (κ3) is 3.61. The normalized spacial score (nSPS) is 16.8. The fourth-order valence-corrected chi connectivity index (χ4v) is 3.43. The highest BCUT2D eigenvalue weighted by atomic mass is 35.5. The van der Waals surface area contributed by atoms with Crippen LogP contribution in [0, 0.1) is 0 Å². The highest BCUT2D eigenvalue weighted by molar-refractivity contribution is 6.35. The Hall–Kier alpha value is -2.15. The zero-order valence-corrected chi connectivity index (χ0v) is 14.5. The van der Waals surface area contributed by atoms with E-state index in [4.69, 9.17) is 16.3 Å². The van der Waals surface area contributed by atoms with Gasteiger partial charge >= 0.3 is 0 Å². The maximum absolute atomic E-state index is 6.35. The Kier molecular flexibility index (Phi) is 4.83. The van der Waals surface area contributed by atoms with Gasteiger partial charge in [-0.05, 0) is 24.3 Å². The first-order valence-corrected chi connectivity index (χ1v) is 8.79. The Balaban J connectivity index is 1.55. The number of anilines is 1. The van der Waals surface area contributed by atoms with Gasteiger partial charge in [0.25, 0.3) is 0 Å². The number of ether oxygens (including phenoxy) is 1. The van der Waals surface area contributed by atoms with Gasteiger partial charge in [0.2, 0.25) is 0 Å². The second-order valence-corrected chi connectivity index (χ2v) is 6.44. The van der Waals surface area contributed by atoms with Crippen LogP contribution in [0.5, 0.6) is 0 Å². The molecular weight excluding hydrogens is 338 g/mol. The Morgan fingerprint density at radius 2 is 2.16 bits per heavy atom. The largest absolute Gasteiger partial charge is 0.379 e. The van der Waals surface area contributed by atoms with E-state index in [2.05, 4.69) is 31.2 Å². The molecule has 0 spiro atoms. The lowest BCUT2D eigenvalue weighted by Crippen LogP contribution is -2.41. The van der Waals surface area contributed by atoms with Crippen LogP contribution in [0.25, 0.3) is 11.0 Å². The minimum Gasteiger partial charge on any atom is -0.379 e. The van der Waals surface area contributed by atoms with Crippen LogP contribution in [0.1, 0.15) is 11.7 Å². The maximum Gasteiger partial charge on any atom is 0.141 e.